The highest BCUT2D eigenvalue weighted by atomic mass is 32.1. The van der Waals surface area contributed by atoms with Crippen molar-refractivity contribution in [3.8, 4) is 11.4 Å². The van der Waals surface area contributed by atoms with Gasteiger partial charge in [-0.25, -0.2) is 0 Å². The number of benzene rings is 1. The normalized spacial score (nSPS) is 10.9. The fourth-order valence-corrected chi connectivity index (χ4v) is 2.74. The van der Waals surface area contributed by atoms with Crippen LogP contribution in [0.2, 0.25) is 0 Å². The van der Waals surface area contributed by atoms with Crippen LogP contribution in [0.3, 0.4) is 0 Å². The summed E-state index contributed by atoms with van der Waals surface area (Å²) in [6.45, 7) is 0. The molecule has 3 aromatic heterocycles. The standard InChI is InChI=1S/C14H9N5O2S/c20-12(10-7-4-8-21-10)15-13-18-19-11(16-17-14(19)22-13)9-5-2-1-3-6-9/h1-8H,(H,15,18,20). The van der Waals surface area contributed by atoms with E-state index in [1.807, 2.05) is 30.3 Å². The Bertz CT molecular complexity index is 927. The van der Waals surface area contributed by atoms with Crippen molar-refractivity contribution in [1.82, 2.24) is 19.8 Å². The van der Waals surface area contributed by atoms with E-state index in [1.165, 1.54) is 17.6 Å². The number of hydrogen-bond donors (Lipinski definition) is 1. The Labute approximate surface area is 128 Å². The van der Waals surface area contributed by atoms with Gasteiger partial charge in [-0.15, -0.1) is 15.3 Å². The van der Waals surface area contributed by atoms with Crippen molar-refractivity contribution >= 4 is 27.3 Å². The number of carbonyl (C=O) groups excluding carboxylic acids is 1. The molecule has 0 saturated heterocycles. The minimum absolute atomic E-state index is 0.231. The molecule has 0 atom stereocenters. The van der Waals surface area contributed by atoms with Crippen molar-refractivity contribution in [2.24, 2.45) is 0 Å². The van der Waals surface area contributed by atoms with Gasteiger partial charge in [-0.3, -0.25) is 10.1 Å². The van der Waals surface area contributed by atoms with E-state index in [9.17, 15) is 4.79 Å². The molecule has 0 spiro atoms. The largest absolute Gasteiger partial charge is 0.459 e. The van der Waals surface area contributed by atoms with E-state index in [0.29, 0.717) is 15.9 Å². The van der Waals surface area contributed by atoms with Gasteiger partial charge in [0, 0.05) is 5.56 Å². The van der Waals surface area contributed by atoms with Crippen LogP contribution in [0.1, 0.15) is 10.6 Å². The van der Waals surface area contributed by atoms with Crippen LogP contribution >= 0.6 is 11.3 Å². The van der Waals surface area contributed by atoms with Crippen LogP contribution in [-0.2, 0) is 0 Å². The summed E-state index contributed by atoms with van der Waals surface area (Å²) in [4.78, 5) is 12.6. The van der Waals surface area contributed by atoms with Crippen molar-refractivity contribution < 1.29 is 9.21 Å². The molecule has 4 aromatic rings. The number of nitrogens with one attached hydrogen (secondary N) is 1. The molecule has 1 aromatic carbocycles. The number of rotatable bonds is 3. The monoisotopic (exact) mass is 311 g/mol. The molecular weight excluding hydrogens is 302 g/mol. The maximum absolute atomic E-state index is 11.9. The topological polar surface area (TPSA) is 85.3 Å². The SMILES string of the molecule is O=C(Nc1nn2c(-c3ccccc3)nnc2s1)c1ccco1. The Kier molecular flexibility index (Phi) is 2.94. The maximum Gasteiger partial charge on any atom is 0.293 e. The molecule has 0 unspecified atom stereocenters. The third-order valence-corrected chi connectivity index (χ3v) is 3.80. The van der Waals surface area contributed by atoms with Crippen LogP contribution in [0, 0.1) is 0 Å². The molecule has 0 fully saturated rings. The molecule has 1 N–H and O–H groups in total. The van der Waals surface area contributed by atoms with E-state index >= 15 is 0 Å². The van der Waals surface area contributed by atoms with Gasteiger partial charge in [0.15, 0.2) is 11.6 Å². The summed E-state index contributed by atoms with van der Waals surface area (Å²) in [6.07, 6.45) is 1.45. The Hall–Kier alpha value is -3.00. The van der Waals surface area contributed by atoms with Crippen molar-refractivity contribution in [1.29, 1.82) is 0 Å². The quantitative estimate of drug-likeness (QED) is 0.628. The molecule has 1 amide bonds. The molecule has 108 valence electrons. The molecule has 22 heavy (non-hydrogen) atoms. The molecule has 0 aliphatic rings. The Morgan fingerprint density at radius 3 is 2.77 bits per heavy atom. The molecule has 4 rings (SSSR count). The Morgan fingerprint density at radius 1 is 1.14 bits per heavy atom. The number of amides is 1. The fraction of sp³-hybridized carbons (Fsp3) is 0. The molecule has 8 heteroatoms. The first kappa shape index (κ1) is 12.7. The highest BCUT2D eigenvalue weighted by Crippen LogP contribution is 2.24. The first-order valence-corrected chi connectivity index (χ1v) is 7.25. The highest BCUT2D eigenvalue weighted by molar-refractivity contribution is 7.20. The third-order valence-electron chi connectivity index (χ3n) is 2.99. The number of furan rings is 1. The molecule has 0 radical (unpaired) electrons. The molecule has 0 aliphatic heterocycles. The lowest BCUT2D eigenvalue weighted by Gasteiger charge is -1.97. The number of carbonyl (C=O) groups is 1. The van der Waals surface area contributed by atoms with E-state index in [0.717, 1.165) is 5.56 Å². The lowest BCUT2D eigenvalue weighted by Crippen LogP contribution is -2.10. The van der Waals surface area contributed by atoms with Crippen molar-refractivity contribution in [3.63, 3.8) is 0 Å². The van der Waals surface area contributed by atoms with Gasteiger partial charge in [-0.2, -0.15) is 4.52 Å². The molecule has 0 saturated carbocycles. The molecule has 3 heterocycles. The summed E-state index contributed by atoms with van der Waals surface area (Å²) in [6, 6.07) is 12.9. The Morgan fingerprint density at radius 2 is 2.00 bits per heavy atom. The lowest BCUT2D eigenvalue weighted by atomic mass is 10.2. The van der Waals surface area contributed by atoms with E-state index in [2.05, 4.69) is 20.6 Å². The van der Waals surface area contributed by atoms with E-state index in [1.54, 1.807) is 16.6 Å². The third kappa shape index (κ3) is 2.15. The van der Waals surface area contributed by atoms with Crippen LogP contribution in [-0.4, -0.2) is 25.7 Å². The maximum atomic E-state index is 11.9. The number of anilines is 1. The Balaban J connectivity index is 1.67. The van der Waals surface area contributed by atoms with Gasteiger partial charge in [-0.1, -0.05) is 41.7 Å². The van der Waals surface area contributed by atoms with Crippen molar-refractivity contribution in [2.45, 2.75) is 0 Å². The van der Waals surface area contributed by atoms with Gasteiger partial charge in [-0.05, 0) is 12.1 Å². The highest BCUT2D eigenvalue weighted by Gasteiger charge is 2.16. The fourth-order valence-electron chi connectivity index (χ4n) is 2.00. The number of aromatic nitrogens is 4. The number of nitrogens with zero attached hydrogens (tertiary/aromatic N) is 4. The van der Waals surface area contributed by atoms with E-state index in [-0.39, 0.29) is 11.7 Å². The van der Waals surface area contributed by atoms with Gasteiger partial charge in [0.1, 0.15) is 0 Å². The minimum Gasteiger partial charge on any atom is -0.459 e. The molecule has 0 aliphatic carbocycles. The summed E-state index contributed by atoms with van der Waals surface area (Å²) in [5.74, 6) is 0.510. The van der Waals surface area contributed by atoms with Crippen LogP contribution in [0.5, 0.6) is 0 Å². The zero-order valence-electron chi connectivity index (χ0n) is 11.1. The molecule has 7 nitrogen and oxygen atoms in total. The number of hydrogen-bond acceptors (Lipinski definition) is 6. The van der Waals surface area contributed by atoms with Crippen LogP contribution in [0.25, 0.3) is 16.3 Å². The summed E-state index contributed by atoms with van der Waals surface area (Å²) in [5.41, 5.74) is 0.907. The van der Waals surface area contributed by atoms with Crippen LogP contribution < -0.4 is 5.32 Å². The van der Waals surface area contributed by atoms with Gasteiger partial charge < -0.3 is 4.42 Å². The molecule has 0 bridgehead atoms. The van der Waals surface area contributed by atoms with Crippen molar-refractivity contribution in [2.75, 3.05) is 5.32 Å². The van der Waals surface area contributed by atoms with Crippen molar-refractivity contribution in [3.05, 3.63) is 54.5 Å². The predicted molar refractivity (Wildman–Crippen MR) is 80.8 cm³/mol. The van der Waals surface area contributed by atoms with E-state index in [4.69, 9.17) is 4.42 Å². The first-order chi connectivity index (χ1) is 10.8. The first-order valence-electron chi connectivity index (χ1n) is 6.44. The van der Waals surface area contributed by atoms with E-state index < -0.39 is 0 Å². The van der Waals surface area contributed by atoms with Crippen LogP contribution in [0.4, 0.5) is 5.13 Å². The van der Waals surface area contributed by atoms with Crippen LogP contribution in [0.15, 0.2) is 53.1 Å². The second kappa shape index (κ2) is 5.08. The van der Waals surface area contributed by atoms with Gasteiger partial charge >= 0.3 is 0 Å². The minimum atomic E-state index is -0.351. The smallest absolute Gasteiger partial charge is 0.293 e. The number of fused-ring (bicyclic) bond motifs is 1. The lowest BCUT2D eigenvalue weighted by molar-refractivity contribution is 0.0996. The second-order valence-corrected chi connectivity index (χ2v) is 5.38. The zero-order chi connectivity index (χ0) is 14.9. The summed E-state index contributed by atoms with van der Waals surface area (Å²) in [7, 11) is 0. The van der Waals surface area contributed by atoms with Gasteiger partial charge in [0.05, 0.1) is 6.26 Å². The summed E-state index contributed by atoms with van der Waals surface area (Å²) in [5, 5.41) is 15.7. The summed E-state index contributed by atoms with van der Waals surface area (Å²) >= 11 is 1.24. The van der Waals surface area contributed by atoms with Gasteiger partial charge in [0.2, 0.25) is 10.1 Å². The average molecular weight is 311 g/mol. The van der Waals surface area contributed by atoms with Gasteiger partial charge in [0.25, 0.3) is 5.91 Å². The summed E-state index contributed by atoms with van der Waals surface area (Å²) < 4.78 is 6.66. The predicted octanol–water partition coefficient (Wildman–Crippen LogP) is 2.70. The zero-order valence-corrected chi connectivity index (χ0v) is 11.9. The second-order valence-electron chi connectivity index (χ2n) is 4.42. The molecular formula is C14H9N5O2S. The average Bonchev–Trinajstić information content (AvgIpc) is 3.24.